The van der Waals surface area contributed by atoms with Gasteiger partial charge in [0.2, 0.25) is 0 Å². The predicted molar refractivity (Wildman–Crippen MR) is 68.8 cm³/mol. The number of hydrogen-bond donors (Lipinski definition) is 1. The van der Waals surface area contributed by atoms with Crippen LogP contribution in [-0.4, -0.2) is 27.3 Å². The van der Waals surface area contributed by atoms with Crippen LogP contribution in [0.5, 0.6) is 5.75 Å². The molecule has 0 bridgehead atoms. The first kappa shape index (κ1) is 14.5. The molecule has 1 aromatic rings. The molecule has 0 radical (unpaired) electrons. The fourth-order valence-corrected chi connectivity index (χ4v) is 2.68. The first-order valence-electron chi connectivity index (χ1n) is 5.43. The predicted octanol–water partition coefficient (Wildman–Crippen LogP) is 0.829. The summed E-state index contributed by atoms with van der Waals surface area (Å²) >= 11 is 0. The molecule has 0 aliphatic carbocycles. The van der Waals surface area contributed by atoms with Crippen LogP contribution in [0, 0.1) is 11.3 Å². The number of hydrogen-bond acceptors (Lipinski definition) is 5. The minimum Gasteiger partial charge on any atom is -0.495 e. The van der Waals surface area contributed by atoms with E-state index >= 15 is 0 Å². The second-order valence-corrected chi connectivity index (χ2v) is 6.42. The summed E-state index contributed by atoms with van der Waals surface area (Å²) < 4.78 is 28.8. The Morgan fingerprint density at radius 1 is 1.50 bits per heavy atom. The maximum atomic E-state index is 11.9. The van der Waals surface area contributed by atoms with Gasteiger partial charge in [0.25, 0.3) is 0 Å². The van der Waals surface area contributed by atoms with Crippen LogP contribution < -0.4 is 10.5 Å². The molecule has 2 N–H and O–H groups in total. The Balaban J connectivity index is 3.04. The van der Waals surface area contributed by atoms with Crippen LogP contribution in [-0.2, 0) is 15.6 Å². The van der Waals surface area contributed by atoms with Gasteiger partial charge >= 0.3 is 0 Å². The Morgan fingerprint density at radius 3 is 2.67 bits per heavy atom. The zero-order valence-electron chi connectivity index (χ0n) is 10.4. The molecule has 0 saturated heterocycles. The van der Waals surface area contributed by atoms with Gasteiger partial charge in [0.15, 0.2) is 9.84 Å². The molecule has 0 aliphatic heterocycles. The van der Waals surface area contributed by atoms with Crippen molar-refractivity contribution in [2.45, 2.75) is 17.9 Å². The van der Waals surface area contributed by atoms with Crippen molar-refractivity contribution in [3.05, 3.63) is 29.3 Å². The van der Waals surface area contributed by atoms with Crippen molar-refractivity contribution in [1.82, 2.24) is 0 Å². The van der Waals surface area contributed by atoms with Crippen molar-refractivity contribution in [1.29, 1.82) is 5.26 Å². The van der Waals surface area contributed by atoms with Crippen molar-refractivity contribution in [2.75, 3.05) is 13.7 Å². The molecule has 18 heavy (non-hydrogen) atoms. The van der Waals surface area contributed by atoms with E-state index in [2.05, 4.69) is 0 Å². The van der Waals surface area contributed by atoms with E-state index in [9.17, 15) is 8.42 Å². The smallest absolute Gasteiger partial charge is 0.158 e. The monoisotopic (exact) mass is 268 g/mol. The van der Waals surface area contributed by atoms with Crippen molar-refractivity contribution in [3.63, 3.8) is 0 Å². The fourth-order valence-electron chi connectivity index (χ4n) is 1.45. The second-order valence-electron chi connectivity index (χ2n) is 4.00. The molecule has 0 aliphatic rings. The number of nitriles is 1. The number of benzene rings is 1. The molecule has 1 unspecified atom stereocenters. The molecule has 98 valence electrons. The van der Waals surface area contributed by atoms with Gasteiger partial charge in [-0.15, -0.1) is 0 Å². The van der Waals surface area contributed by atoms with E-state index < -0.39 is 15.1 Å². The van der Waals surface area contributed by atoms with E-state index in [0.29, 0.717) is 16.9 Å². The zero-order valence-corrected chi connectivity index (χ0v) is 11.2. The molecule has 0 spiro atoms. The molecule has 0 aromatic heterocycles. The number of nitrogens with zero attached hydrogens (tertiary/aromatic N) is 1. The average Bonchev–Trinajstić information content (AvgIpc) is 2.36. The third-order valence-corrected chi connectivity index (χ3v) is 4.85. The molecule has 1 atom stereocenters. The molecule has 0 saturated carbocycles. The van der Waals surface area contributed by atoms with E-state index in [-0.39, 0.29) is 12.3 Å². The number of nitrogens with two attached hydrogens (primary N) is 1. The molecule has 1 aromatic carbocycles. The van der Waals surface area contributed by atoms with Gasteiger partial charge in [-0.05, 0) is 24.6 Å². The first-order valence-corrected chi connectivity index (χ1v) is 7.14. The standard InChI is InChI=1S/C12H16N2O3S/c1-9(6-13)18(15,16)8-10-3-4-12(17-2)11(5-10)7-14/h3-5,9H,6,8,13H2,1-2H3. The summed E-state index contributed by atoms with van der Waals surface area (Å²) in [6.07, 6.45) is 0. The lowest BCUT2D eigenvalue weighted by molar-refractivity contribution is 0.413. The zero-order chi connectivity index (χ0) is 13.8. The molecule has 6 heteroatoms. The quantitative estimate of drug-likeness (QED) is 0.853. The Bertz CT molecular complexity index is 561. The van der Waals surface area contributed by atoms with Crippen LogP contribution in [0.2, 0.25) is 0 Å². The van der Waals surface area contributed by atoms with E-state index in [0.717, 1.165) is 0 Å². The lowest BCUT2D eigenvalue weighted by atomic mass is 10.1. The number of sulfone groups is 1. The van der Waals surface area contributed by atoms with Crippen molar-refractivity contribution >= 4 is 9.84 Å². The highest BCUT2D eigenvalue weighted by Gasteiger charge is 2.20. The van der Waals surface area contributed by atoms with Gasteiger partial charge in [-0.25, -0.2) is 8.42 Å². The summed E-state index contributed by atoms with van der Waals surface area (Å²) in [5.41, 5.74) is 6.25. The van der Waals surface area contributed by atoms with Gasteiger partial charge in [0.05, 0.1) is 23.7 Å². The summed E-state index contributed by atoms with van der Waals surface area (Å²) in [7, 11) is -1.82. The largest absolute Gasteiger partial charge is 0.495 e. The van der Waals surface area contributed by atoms with Gasteiger partial charge in [0.1, 0.15) is 11.8 Å². The third-order valence-electron chi connectivity index (χ3n) is 2.70. The second kappa shape index (κ2) is 5.85. The highest BCUT2D eigenvalue weighted by atomic mass is 32.2. The van der Waals surface area contributed by atoms with Gasteiger partial charge in [-0.3, -0.25) is 0 Å². The third kappa shape index (κ3) is 3.22. The summed E-state index contributed by atoms with van der Waals surface area (Å²) in [6.45, 7) is 1.66. The van der Waals surface area contributed by atoms with E-state index in [1.807, 2.05) is 6.07 Å². The maximum absolute atomic E-state index is 11.9. The van der Waals surface area contributed by atoms with Gasteiger partial charge < -0.3 is 10.5 Å². The van der Waals surface area contributed by atoms with Gasteiger partial charge in [-0.1, -0.05) is 6.07 Å². The maximum Gasteiger partial charge on any atom is 0.158 e. The lowest BCUT2D eigenvalue weighted by Crippen LogP contribution is -2.27. The minimum atomic E-state index is -3.28. The van der Waals surface area contributed by atoms with Crippen molar-refractivity contribution in [2.24, 2.45) is 5.73 Å². The molecule has 1 rings (SSSR count). The molecule has 5 nitrogen and oxygen atoms in total. The minimum absolute atomic E-state index is 0.0869. The van der Waals surface area contributed by atoms with Crippen molar-refractivity contribution in [3.8, 4) is 11.8 Å². The number of rotatable bonds is 5. The molecule has 0 heterocycles. The van der Waals surface area contributed by atoms with Crippen LogP contribution in [0.3, 0.4) is 0 Å². The van der Waals surface area contributed by atoms with Crippen LogP contribution in [0.15, 0.2) is 18.2 Å². The Hall–Kier alpha value is -1.58. The Labute approximate surface area is 107 Å². The van der Waals surface area contributed by atoms with E-state index in [1.165, 1.54) is 13.2 Å². The average molecular weight is 268 g/mol. The van der Waals surface area contributed by atoms with E-state index in [4.69, 9.17) is 15.7 Å². The van der Waals surface area contributed by atoms with E-state index in [1.54, 1.807) is 19.1 Å². The summed E-state index contributed by atoms with van der Waals surface area (Å²) in [4.78, 5) is 0. The molecular weight excluding hydrogens is 252 g/mol. The molecular formula is C12H16N2O3S. The highest BCUT2D eigenvalue weighted by molar-refractivity contribution is 7.91. The van der Waals surface area contributed by atoms with Crippen LogP contribution in [0.1, 0.15) is 18.1 Å². The molecule has 0 fully saturated rings. The highest BCUT2D eigenvalue weighted by Crippen LogP contribution is 2.20. The first-order chi connectivity index (χ1) is 8.44. The van der Waals surface area contributed by atoms with Crippen molar-refractivity contribution < 1.29 is 13.2 Å². The lowest BCUT2D eigenvalue weighted by Gasteiger charge is -2.11. The van der Waals surface area contributed by atoms with Gasteiger partial charge in [0, 0.05) is 6.54 Å². The summed E-state index contributed by atoms with van der Waals surface area (Å²) in [5.74, 6) is 0.315. The summed E-state index contributed by atoms with van der Waals surface area (Å²) in [6, 6.07) is 6.73. The van der Waals surface area contributed by atoms with Crippen LogP contribution >= 0.6 is 0 Å². The van der Waals surface area contributed by atoms with Gasteiger partial charge in [-0.2, -0.15) is 5.26 Å². The number of ether oxygens (including phenoxy) is 1. The molecule has 0 amide bonds. The SMILES string of the molecule is COc1ccc(CS(=O)(=O)C(C)CN)cc1C#N. The number of methoxy groups -OCH3 is 1. The van der Waals surface area contributed by atoms with Crippen LogP contribution in [0.25, 0.3) is 0 Å². The topological polar surface area (TPSA) is 93.2 Å². The fraction of sp³-hybridized carbons (Fsp3) is 0.417. The Kier molecular flexibility index (Phi) is 4.70. The Morgan fingerprint density at radius 2 is 2.17 bits per heavy atom. The van der Waals surface area contributed by atoms with Crippen LogP contribution in [0.4, 0.5) is 0 Å². The summed E-state index contributed by atoms with van der Waals surface area (Å²) in [5, 5.41) is 8.34. The normalized spacial score (nSPS) is 12.8.